The molecule has 96 valence electrons. The van der Waals surface area contributed by atoms with Crippen LogP contribution in [0.2, 0.25) is 5.02 Å². The molecule has 1 atom stereocenters. The molecule has 0 spiro atoms. The molecule has 2 nitrogen and oxygen atoms in total. The molecule has 0 aliphatic carbocycles. The van der Waals surface area contributed by atoms with Gasteiger partial charge in [-0.1, -0.05) is 29.8 Å². The van der Waals surface area contributed by atoms with Crippen molar-refractivity contribution in [2.75, 3.05) is 6.54 Å². The number of nitriles is 1. The maximum absolute atomic E-state index is 9.51. The number of fused-ring (bicyclic) bond motifs is 1. The van der Waals surface area contributed by atoms with E-state index in [9.17, 15) is 5.26 Å². The van der Waals surface area contributed by atoms with Gasteiger partial charge >= 0.3 is 0 Å². The largest absolute Gasteiger partial charge is 0.280 e. The zero-order chi connectivity index (χ0) is 13.2. The normalized spacial score (nSPS) is 16.6. The lowest BCUT2D eigenvalue weighted by atomic mass is 10.1. The monoisotopic (exact) mass is 294 g/mol. The zero-order valence-electron chi connectivity index (χ0n) is 10.3. The summed E-state index contributed by atoms with van der Waals surface area (Å²) in [7, 11) is 0. The maximum Gasteiger partial charge on any atom is 0.125 e. The molecular weight excluding hydrogens is 282 g/mol. The number of benzene rings is 1. The van der Waals surface area contributed by atoms with Crippen LogP contribution in [0, 0.1) is 11.3 Å². The van der Waals surface area contributed by atoms with Crippen LogP contribution in [0.3, 0.4) is 0 Å². The van der Waals surface area contributed by atoms with Crippen molar-refractivity contribution in [2.24, 2.45) is 0 Å². The van der Waals surface area contributed by atoms with Gasteiger partial charge in [0.05, 0.1) is 6.07 Å². The summed E-state index contributed by atoms with van der Waals surface area (Å²) in [5, 5.41) is 12.3. The Morgan fingerprint density at radius 3 is 2.95 bits per heavy atom. The Kier molecular flexibility index (Phi) is 3.56. The molecule has 2 aromatic rings. The number of thiophene rings is 1. The van der Waals surface area contributed by atoms with E-state index in [-0.39, 0.29) is 6.04 Å². The summed E-state index contributed by atoms with van der Waals surface area (Å²) < 4.78 is 0. The highest BCUT2D eigenvalue weighted by molar-refractivity contribution is 7.10. The molecule has 3 rings (SSSR count). The lowest BCUT2D eigenvalue weighted by Gasteiger charge is -2.31. The van der Waals surface area contributed by atoms with Crippen molar-refractivity contribution in [2.45, 2.75) is 19.0 Å². The Morgan fingerprint density at radius 1 is 1.32 bits per heavy atom. The van der Waals surface area contributed by atoms with Crippen LogP contribution in [0.25, 0.3) is 0 Å². The minimum Gasteiger partial charge on any atom is -0.280 e. The van der Waals surface area contributed by atoms with Crippen LogP contribution in [-0.2, 0) is 13.0 Å². The highest BCUT2D eigenvalue weighted by Gasteiger charge is 2.26. The molecule has 4 heteroatoms. The van der Waals surface area contributed by atoms with Gasteiger partial charge in [-0.2, -0.15) is 5.26 Å². The van der Waals surface area contributed by atoms with Crippen LogP contribution in [0.4, 0.5) is 0 Å². The molecule has 0 fully saturated rings. The molecule has 1 aliphatic rings. The maximum atomic E-state index is 9.51. The summed E-state index contributed by atoms with van der Waals surface area (Å²) >= 11 is 8.03. The number of hydrogen-bond acceptors (Lipinski definition) is 3. The van der Waals surface area contributed by atoms with Gasteiger partial charge in [-0.3, -0.25) is 4.90 Å². The van der Waals surface area contributed by atoms with Gasteiger partial charge < -0.3 is 0 Å². The van der Waals surface area contributed by atoms with E-state index < -0.39 is 0 Å². The quantitative estimate of drug-likeness (QED) is 0.836. The summed E-state index contributed by atoms with van der Waals surface area (Å²) in [5.74, 6) is 0. The zero-order valence-corrected chi connectivity index (χ0v) is 11.9. The van der Waals surface area contributed by atoms with E-state index in [1.807, 2.05) is 35.6 Å². The Hall–Kier alpha value is -1.34. The van der Waals surface area contributed by atoms with Crippen molar-refractivity contribution in [3.05, 3.63) is 56.7 Å². The van der Waals surface area contributed by atoms with Crippen molar-refractivity contribution in [1.29, 1.82) is 5.26 Å². The van der Waals surface area contributed by atoms with Gasteiger partial charge in [0.2, 0.25) is 0 Å². The second-order valence-electron chi connectivity index (χ2n) is 4.64. The first-order valence-corrected chi connectivity index (χ1v) is 7.48. The topological polar surface area (TPSA) is 27.0 Å². The van der Waals surface area contributed by atoms with E-state index in [4.69, 9.17) is 11.6 Å². The first-order valence-electron chi connectivity index (χ1n) is 6.23. The molecule has 2 heterocycles. The van der Waals surface area contributed by atoms with Gasteiger partial charge in [-0.25, -0.2) is 0 Å². The minimum absolute atomic E-state index is 0.262. The smallest absolute Gasteiger partial charge is 0.125 e. The molecule has 1 aromatic carbocycles. The van der Waals surface area contributed by atoms with E-state index in [0.29, 0.717) is 5.02 Å². The van der Waals surface area contributed by atoms with Gasteiger partial charge in [-0.05, 0) is 29.5 Å². The van der Waals surface area contributed by atoms with Crippen LogP contribution in [0.1, 0.15) is 22.0 Å². The molecule has 0 amide bonds. The Morgan fingerprint density at radius 2 is 2.16 bits per heavy atom. The van der Waals surface area contributed by atoms with E-state index in [0.717, 1.165) is 25.1 Å². The summed E-state index contributed by atoms with van der Waals surface area (Å²) in [5.41, 5.74) is 2.26. The number of halogens is 1. The summed E-state index contributed by atoms with van der Waals surface area (Å²) in [6.07, 6.45) is 1.02. The Labute approximate surface area is 121 Å². The Bertz CT molecular complexity index is 629. The van der Waals surface area contributed by atoms with Gasteiger partial charge in [0.15, 0.2) is 0 Å². The highest BCUT2D eigenvalue weighted by atomic mass is 35.5. The number of hydrogen-bond donors (Lipinski definition) is 0. The van der Waals surface area contributed by atoms with E-state index >= 15 is 0 Å². The summed E-state index contributed by atoms with van der Waals surface area (Å²) in [6.45, 7) is 1.75. The fourth-order valence-corrected chi connectivity index (χ4v) is 3.66. The van der Waals surface area contributed by atoms with Crippen LogP contribution >= 0.6 is 22.9 Å². The molecule has 0 N–H and O–H groups in total. The second-order valence-corrected chi connectivity index (χ2v) is 6.05. The van der Waals surface area contributed by atoms with Crippen molar-refractivity contribution >= 4 is 22.9 Å². The van der Waals surface area contributed by atoms with Crippen molar-refractivity contribution < 1.29 is 0 Å². The third kappa shape index (κ3) is 2.40. The first-order chi connectivity index (χ1) is 9.29. The second kappa shape index (κ2) is 5.34. The predicted molar refractivity (Wildman–Crippen MR) is 78.2 cm³/mol. The molecular formula is C15H13ClN2S. The number of nitrogens with zero attached hydrogens (tertiary/aromatic N) is 2. The van der Waals surface area contributed by atoms with Crippen LogP contribution in [-0.4, -0.2) is 11.4 Å². The molecule has 0 saturated heterocycles. The molecule has 1 aromatic heterocycles. The van der Waals surface area contributed by atoms with Gasteiger partial charge in [-0.15, -0.1) is 11.3 Å². The van der Waals surface area contributed by atoms with Crippen molar-refractivity contribution in [1.82, 2.24) is 4.90 Å². The van der Waals surface area contributed by atoms with Gasteiger partial charge in [0, 0.05) is 28.6 Å². The average Bonchev–Trinajstić information content (AvgIpc) is 2.89. The third-order valence-electron chi connectivity index (χ3n) is 3.52. The fraction of sp³-hybridized carbons (Fsp3) is 0.267. The van der Waals surface area contributed by atoms with Gasteiger partial charge in [0.25, 0.3) is 0 Å². The molecule has 0 bridgehead atoms. The van der Waals surface area contributed by atoms with Gasteiger partial charge in [0.1, 0.15) is 6.04 Å². The minimum atomic E-state index is -0.262. The van der Waals surface area contributed by atoms with Crippen LogP contribution in [0.5, 0.6) is 0 Å². The lowest BCUT2D eigenvalue weighted by molar-refractivity contribution is 0.218. The first kappa shape index (κ1) is 12.7. The molecule has 0 saturated carbocycles. The molecule has 1 aliphatic heterocycles. The SMILES string of the molecule is N#CC([13c]1[13cH][13cH][13cH][13cH][13c]1Cl)N1CCc2sccc2C1. The molecule has 1 unspecified atom stereocenters. The van der Waals surface area contributed by atoms with E-state index in [1.165, 1.54) is 10.4 Å². The highest BCUT2D eigenvalue weighted by Crippen LogP contribution is 2.32. The molecule has 0 radical (unpaired) electrons. The summed E-state index contributed by atoms with van der Waals surface area (Å²) in [4.78, 5) is 3.66. The lowest BCUT2D eigenvalue weighted by Crippen LogP contribution is -2.33. The predicted octanol–water partition coefficient (Wildman–Crippen LogP) is 4.02. The summed E-state index contributed by atoms with van der Waals surface area (Å²) in [6, 6.07) is 11.9. The fourth-order valence-electron chi connectivity index (χ4n) is 2.54. The number of rotatable bonds is 2. The van der Waals surface area contributed by atoms with E-state index in [1.54, 1.807) is 0 Å². The van der Waals surface area contributed by atoms with Crippen LogP contribution in [0.15, 0.2) is 35.7 Å². The van der Waals surface area contributed by atoms with E-state index in [2.05, 4.69) is 22.4 Å². The average molecular weight is 295 g/mol. The van der Waals surface area contributed by atoms with Crippen molar-refractivity contribution in [3.63, 3.8) is 0 Å². The van der Waals surface area contributed by atoms with Crippen molar-refractivity contribution in [3.8, 4) is 6.07 Å². The molecule has 19 heavy (non-hydrogen) atoms. The standard InChI is InChI=1S/C15H13ClN2S/c16-13-4-2-1-3-12(13)14(9-17)18-7-5-15-11(10-18)6-8-19-15/h1-4,6,8,14H,5,7,10H2/i1+1,2+1,3+1,4+1,12+1,13+1. The third-order valence-corrected chi connectivity index (χ3v) is 4.89. The Balaban J connectivity index is 1.89. The van der Waals surface area contributed by atoms with Crippen LogP contribution < -0.4 is 0 Å².